The molecule has 0 radical (unpaired) electrons. The van der Waals surface area contributed by atoms with Crippen molar-refractivity contribution in [3.8, 4) is 0 Å². The lowest BCUT2D eigenvalue weighted by Gasteiger charge is -2.20. The molecule has 1 aromatic heterocycles. The van der Waals surface area contributed by atoms with Gasteiger partial charge in [0, 0.05) is 37.6 Å². The van der Waals surface area contributed by atoms with Crippen LogP contribution in [0, 0.1) is 0 Å². The normalized spacial score (nSPS) is 16.0. The topological polar surface area (TPSA) is 54.3 Å². The van der Waals surface area contributed by atoms with E-state index in [1.54, 1.807) is 16.6 Å². The van der Waals surface area contributed by atoms with E-state index in [0.29, 0.717) is 18.0 Å². The molecule has 1 aromatic rings. The van der Waals surface area contributed by atoms with E-state index in [9.17, 15) is 8.42 Å². The van der Waals surface area contributed by atoms with Gasteiger partial charge in [-0.25, -0.2) is 8.42 Å². The minimum atomic E-state index is -3.35. The summed E-state index contributed by atoms with van der Waals surface area (Å²) in [5.41, 5.74) is 1.01. The molecule has 0 aliphatic heterocycles. The Kier molecular flexibility index (Phi) is 4.88. The SMILES string of the molecule is CCCN(C1CC1)S(=O)(=O)c1cc(CNC)n(CC)c1. The van der Waals surface area contributed by atoms with Crippen LogP contribution in [0.5, 0.6) is 0 Å². The average Bonchev–Trinajstić information content (AvgIpc) is 3.16. The molecule has 1 heterocycles. The molecular weight excluding hydrogens is 274 g/mol. The molecule has 0 atom stereocenters. The minimum absolute atomic E-state index is 0.220. The summed E-state index contributed by atoms with van der Waals surface area (Å²) in [7, 11) is -1.48. The van der Waals surface area contributed by atoms with E-state index < -0.39 is 10.0 Å². The Labute approximate surface area is 122 Å². The predicted octanol–water partition coefficient (Wildman–Crippen LogP) is 1.79. The van der Waals surface area contributed by atoms with Gasteiger partial charge in [0.25, 0.3) is 0 Å². The summed E-state index contributed by atoms with van der Waals surface area (Å²) in [6.45, 7) is 6.13. The molecule has 0 bridgehead atoms. The minimum Gasteiger partial charge on any atom is -0.349 e. The highest BCUT2D eigenvalue weighted by Crippen LogP contribution is 2.32. The molecule has 114 valence electrons. The first-order chi connectivity index (χ1) is 9.54. The Balaban J connectivity index is 2.32. The van der Waals surface area contributed by atoms with Crippen molar-refractivity contribution in [1.82, 2.24) is 14.2 Å². The van der Waals surface area contributed by atoms with Gasteiger partial charge in [0.2, 0.25) is 10.0 Å². The van der Waals surface area contributed by atoms with Crippen molar-refractivity contribution in [1.29, 1.82) is 0 Å². The number of hydrogen-bond acceptors (Lipinski definition) is 3. The first kappa shape index (κ1) is 15.5. The van der Waals surface area contributed by atoms with Gasteiger partial charge >= 0.3 is 0 Å². The fourth-order valence-electron chi connectivity index (χ4n) is 2.51. The molecule has 2 rings (SSSR count). The molecule has 5 nitrogen and oxygen atoms in total. The van der Waals surface area contributed by atoms with Crippen LogP contribution in [0.2, 0.25) is 0 Å². The Morgan fingerprint density at radius 3 is 2.60 bits per heavy atom. The molecule has 1 N–H and O–H groups in total. The second-order valence-electron chi connectivity index (χ2n) is 5.33. The van der Waals surface area contributed by atoms with Gasteiger partial charge in [-0.1, -0.05) is 6.92 Å². The van der Waals surface area contributed by atoms with Crippen LogP contribution in [0.25, 0.3) is 0 Å². The van der Waals surface area contributed by atoms with Gasteiger partial charge in [0.1, 0.15) is 4.90 Å². The number of aryl methyl sites for hydroxylation is 1. The third kappa shape index (κ3) is 3.07. The van der Waals surface area contributed by atoms with Crippen LogP contribution in [0.1, 0.15) is 38.8 Å². The van der Waals surface area contributed by atoms with Crippen molar-refractivity contribution in [3.63, 3.8) is 0 Å². The highest BCUT2D eigenvalue weighted by Gasteiger charge is 2.37. The second-order valence-corrected chi connectivity index (χ2v) is 7.22. The van der Waals surface area contributed by atoms with E-state index in [4.69, 9.17) is 0 Å². The fraction of sp³-hybridized carbons (Fsp3) is 0.714. The Morgan fingerprint density at radius 2 is 2.10 bits per heavy atom. The van der Waals surface area contributed by atoms with E-state index in [2.05, 4.69) is 5.32 Å². The van der Waals surface area contributed by atoms with Crippen LogP contribution in [0.15, 0.2) is 17.2 Å². The molecule has 1 aliphatic carbocycles. The summed E-state index contributed by atoms with van der Waals surface area (Å²) < 4.78 is 29.2. The van der Waals surface area contributed by atoms with Crippen LogP contribution in [-0.2, 0) is 23.1 Å². The number of nitrogens with zero attached hydrogens (tertiary/aromatic N) is 2. The highest BCUT2D eigenvalue weighted by atomic mass is 32.2. The highest BCUT2D eigenvalue weighted by molar-refractivity contribution is 7.89. The lowest BCUT2D eigenvalue weighted by atomic mass is 10.4. The van der Waals surface area contributed by atoms with Crippen molar-refractivity contribution < 1.29 is 8.42 Å². The lowest BCUT2D eigenvalue weighted by Crippen LogP contribution is -2.33. The smallest absolute Gasteiger partial charge is 0.244 e. The van der Waals surface area contributed by atoms with Crippen LogP contribution in [0.4, 0.5) is 0 Å². The number of nitrogens with one attached hydrogen (secondary N) is 1. The number of rotatable bonds is 8. The summed E-state index contributed by atoms with van der Waals surface area (Å²) in [5.74, 6) is 0. The van der Waals surface area contributed by atoms with E-state index in [1.165, 1.54) is 0 Å². The van der Waals surface area contributed by atoms with Gasteiger partial charge in [0.15, 0.2) is 0 Å². The first-order valence-corrected chi connectivity index (χ1v) is 8.84. The van der Waals surface area contributed by atoms with E-state index in [1.807, 2.05) is 25.5 Å². The maximum Gasteiger partial charge on any atom is 0.244 e. The number of hydrogen-bond donors (Lipinski definition) is 1. The lowest BCUT2D eigenvalue weighted by molar-refractivity contribution is 0.403. The average molecular weight is 299 g/mol. The third-order valence-corrected chi connectivity index (χ3v) is 5.58. The number of aromatic nitrogens is 1. The number of sulfonamides is 1. The summed E-state index contributed by atoms with van der Waals surface area (Å²) in [5, 5.41) is 3.08. The Morgan fingerprint density at radius 1 is 1.40 bits per heavy atom. The van der Waals surface area contributed by atoms with Crippen LogP contribution < -0.4 is 5.32 Å². The van der Waals surface area contributed by atoms with Crippen LogP contribution >= 0.6 is 0 Å². The van der Waals surface area contributed by atoms with E-state index in [0.717, 1.165) is 31.5 Å². The molecule has 6 heteroatoms. The molecule has 0 amide bonds. The van der Waals surface area contributed by atoms with Crippen molar-refractivity contribution in [3.05, 3.63) is 18.0 Å². The zero-order valence-corrected chi connectivity index (χ0v) is 13.4. The monoisotopic (exact) mass is 299 g/mol. The van der Waals surface area contributed by atoms with E-state index >= 15 is 0 Å². The zero-order valence-electron chi connectivity index (χ0n) is 12.6. The predicted molar refractivity (Wildman–Crippen MR) is 80.1 cm³/mol. The molecule has 20 heavy (non-hydrogen) atoms. The van der Waals surface area contributed by atoms with Crippen LogP contribution in [-0.4, -0.2) is 36.9 Å². The van der Waals surface area contributed by atoms with Gasteiger partial charge < -0.3 is 9.88 Å². The molecule has 0 saturated heterocycles. The van der Waals surface area contributed by atoms with E-state index in [-0.39, 0.29) is 6.04 Å². The van der Waals surface area contributed by atoms with Gasteiger partial charge in [-0.3, -0.25) is 0 Å². The second kappa shape index (κ2) is 6.28. The third-order valence-electron chi connectivity index (χ3n) is 3.66. The summed E-state index contributed by atoms with van der Waals surface area (Å²) in [6.07, 6.45) is 4.62. The molecule has 1 saturated carbocycles. The summed E-state index contributed by atoms with van der Waals surface area (Å²) >= 11 is 0. The quantitative estimate of drug-likeness (QED) is 0.796. The molecule has 0 spiro atoms. The van der Waals surface area contributed by atoms with Gasteiger partial charge in [0.05, 0.1) is 0 Å². The van der Waals surface area contributed by atoms with Gasteiger partial charge in [-0.05, 0) is 39.3 Å². The van der Waals surface area contributed by atoms with Crippen molar-refractivity contribution in [2.24, 2.45) is 0 Å². The first-order valence-electron chi connectivity index (χ1n) is 7.40. The molecule has 1 aliphatic rings. The standard InChI is InChI=1S/C14H25N3O2S/c1-4-8-17(12-6-7-12)20(18,19)14-9-13(10-15-3)16(5-2)11-14/h9,11-12,15H,4-8,10H2,1-3H3. The molecule has 0 unspecified atom stereocenters. The molecule has 1 fully saturated rings. The Bertz CT molecular complexity index is 547. The fourth-order valence-corrected chi connectivity index (χ4v) is 4.35. The Hall–Kier alpha value is -0.850. The van der Waals surface area contributed by atoms with Crippen molar-refractivity contribution >= 4 is 10.0 Å². The van der Waals surface area contributed by atoms with Crippen LogP contribution in [0.3, 0.4) is 0 Å². The zero-order chi connectivity index (χ0) is 14.8. The maximum atomic E-state index is 12.8. The molecular formula is C14H25N3O2S. The van der Waals surface area contributed by atoms with Gasteiger partial charge in [-0.2, -0.15) is 4.31 Å². The summed E-state index contributed by atoms with van der Waals surface area (Å²) in [6, 6.07) is 2.03. The maximum absolute atomic E-state index is 12.8. The van der Waals surface area contributed by atoms with Gasteiger partial charge in [-0.15, -0.1) is 0 Å². The summed E-state index contributed by atoms with van der Waals surface area (Å²) in [4.78, 5) is 0.435. The van der Waals surface area contributed by atoms with Crippen molar-refractivity contribution in [2.45, 2.75) is 57.1 Å². The molecule has 0 aromatic carbocycles. The largest absolute Gasteiger partial charge is 0.349 e. The van der Waals surface area contributed by atoms with Crippen molar-refractivity contribution in [2.75, 3.05) is 13.6 Å².